The van der Waals surface area contributed by atoms with Crippen LogP contribution in [0.4, 0.5) is 15.8 Å². The molecule has 0 unspecified atom stereocenters. The van der Waals surface area contributed by atoms with E-state index >= 15 is 0 Å². The summed E-state index contributed by atoms with van der Waals surface area (Å²) in [5.41, 5.74) is 7.05. The number of nitrogens with two attached hydrogens (primary N) is 1. The number of nitriles is 1. The molecule has 0 bridgehead atoms. The van der Waals surface area contributed by atoms with Gasteiger partial charge >= 0.3 is 0 Å². The average molecular weight is 257 g/mol. The molecule has 2 rings (SSSR count). The van der Waals surface area contributed by atoms with E-state index in [4.69, 9.17) is 11.0 Å². The monoisotopic (exact) mass is 257 g/mol. The Hall–Kier alpha value is -2.74. The van der Waals surface area contributed by atoms with E-state index in [-0.39, 0.29) is 17.9 Å². The van der Waals surface area contributed by atoms with Gasteiger partial charge in [-0.3, -0.25) is 0 Å². The molecule has 0 radical (unpaired) electrons. The summed E-state index contributed by atoms with van der Waals surface area (Å²) in [4.78, 5) is 0. The van der Waals surface area contributed by atoms with Gasteiger partial charge in [0.05, 0.1) is 5.69 Å². The molecule has 4 nitrogen and oxygen atoms in total. The van der Waals surface area contributed by atoms with E-state index in [0.717, 1.165) is 0 Å². The highest BCUT2D eigenvalue weighted by Gasteiger charge is 2.08. The first-order chi connectivity index (χ1) is 9.11. The van der Waals surface area contributed by atoms with Gasteiger partial charge in [0.25, 0.3) is 0 Å². The predicted octanol–water partition coefficient (Wildman–Crippen LogP) is 2.60. The second-order valence-corrected chi connectivity index (χ2v) is 4.02. The summed E-state index contributed by atoms with van der Waals surface area (Å²) in [5.74, 6) is -0.485. The van der Waals surface area contributed by atoms with Crippen LogP contribution in [0.2, 0.25) is 0 Å². The Morgan fingerprint density at radius 3 is 2.84 bits per heavy atom. The van der Waals surface area contributed by atoms with E-state index in [0.29, 0.717) is 16.9 Å². The lowest BCUT2D eigenvalue weighted by atomic mass is 10.1. The molecule has 0 aliphatic rings. The molecule has 0 amide bonds. The summed E-state index contributed by atoms with van der Waals surface area (Å²) in [5, 5.41) is 21.5. The number of nitrogens with zero attached hydrogens (tertiary/aromatic N) is 1. The van der Waals surface area contributed by atoms with Crippen LogP contribution in [0.25, 0.3) is 0 Å². The van der Waals surface area contributed by atoms with Crippen molar-refractivity contribution in [3.8, 4) is 11.8 Å². The van der Waals surface area contributed by atoms with Crippen molar-refractivity contribution < 1.29 is 9.50 Å². The number of nitrogens with one attached hydrogen (secondary N) is 1. The smallest absolute Gasteiger partial charge is 0.143 e. The quantitative estimate of drug-likeness (QED) is 0.583. The first-order valence-electron chi connectivity index (χ1n) is 5.61. The van der Waals surface area contributed by atoms with Crippen LogP contribution in [0.1, 0.15) is 11.1 Å². The fourth-order valence-electron chi connectivity index (χ4n) is 1.72. The van der Waals surface area contributed by atoms with Crippen molar-refractivity contribution in [3.63, 3.8) is 0 Å². The molecular formula is C14H12FN3O. The summed E-state index contributed by atoms with van der Waals surface area (Å²) < 4.78 is 13.4. The van der Waals surface area contributed by atoms with Gasteiger partial charge in [-0.05, 0) is 30.3 Å². The Bertz CT molecular complexity index is 650. The lowest BCUT2D eigenvalue weighted by molar-refractivity contribution is 0.469. The van der Waals surface area contributed by atoms with Crippen LogP contribution in [0, 0.1) is 17.1 Å². The molecule has 0 atom stereocenters. The molecule has 96 valence electrons. The Balaban J connectivity index is 2.22. The average Bonchev–Trinajstić information content (AvgIpc) is 2.40. The molecule has 0 spiro atoms. The van der Waals surface area contributed by atoms with Crippen molar-refractivity contribution >= 4 is 11.4 Å². The van der Waals surface area contributed by atoms with Crippen LogP contribution in [0.15, 0.2) is 36.4 Å². The van der Waals surface area contributed by atoms with Crippen LogP contribution in [-0.2, 0) is 6.54 Å². The van der Waals surface area contributed by atoms with Crippen LogP contribution in [0.3, 0.4) is 0 Å². The second-order valence-electron chi connectivity index (χ2n) is 4.02. The summed E-state index contributed by atoms with van der Waals surface area (Å²) in [6, 6.07) is 10.8. The van der Waals surface area contributed by atoms with Gasteiger partial charge in [-0.15, -0.1) is 0 Å². The minimum absolute atomic E-state index is 0.0501. The predicted molar refractivity (Wildman–Crippen MR) is 71.0 cm³/mol. The molecule has 2 aromatic rings. The van der Waals surface area contributed by atoms with Gasteiger partial charge in [0.15, 0.2) is 0 Å². The normalized spacial score (nSPS) is 9.89. The highest BCUT2D eigenvalue weighted by atomic mass is 19.1. The highest BCUT2D eigenvalue weighted by molar-refractivity contribution is 5.59. The SMILES string of the molecule is N#Cc1c(F)cccc1NCc1cc(N)ccc1O. The van der Waals surface area contributed by atoms with Gasteiger partial charge in [-0.1, -0.05) is 6.07 Å². The Morgan fingerprint density at radius 2 is 2.11 bits per heavy atom. The third-order valence-corrected chi connectivity index (χ3v) is 2.70. The van der Waals surface area contributed by atoms with Crippen LogP contribution < -0.4 is 11.1 Å². The lowest BCUT2D eigenvalue weighted by Gasteiger charge is -2.10. The number of aromatic hydroxyl groups is 1. The van der Waals surface area contributed by atoms with Gasteiger partial charge in [-0.25, -0.2) is 4.39 Å². The number of rotatable bonds is 3. The largest absolute Gasteiger partial charge is 0.508 e. The number of hydrogen-bond acceptors (Lipinski definition) is 4. The maximum absolute atomic E-state index is 13.4. The molecule has 0 aliphatic carbocycles. The maximum atomic E-state index is 13.4. The van der Waals surface area contributed by atoms with Gasteiger partial charge in [0.2, 0.25) is 0 Å². The van der Waals surface area contributed by atoms with Crippen LogP contribution >= 0.6 is 0 Å². The standard InChI is InChI=1S/C14H12FN3O/c15-12-2-1-3-13(11(12)7-16)18-8-9-6-10(17)4-5-14(9)19/h1-6,18-19H,8,17H2. The van der Waals surface area contributed by atoms with E-state index in [9.17, 15) is 9.50 Å². The number of nitrogen functional groups attached to an aromatic ring is 1. The number of anilines is 2. The summed E-state index contributed by atoms with van der Waals surface area (Å²) in [6.45, 7) is 0.245. The number of hydrogen-bond donors (Lipinski definition) is 3. The Morgan fingerprint density at radius 1 is 1.32 bits per heavy atom. The van der Waals surface area contributed by atoms with Gasteiger partial charge < -0.3 is 16.2 Å². The lowest BCUT2D eigenvalue weighted by Crippen LogP contribution is -2.03. The molecular weight excluding hydrogens is 245 g/mol. The fraction of sp³-hybridized carbons (Fsp3) is 0.0714. The van der Waals surface area contributed by atoms with E-state index in [1.54, 1.807) is 24.3 Å². The molecule has 4 N–H and O–H groups in total. The topological polar surface area (TPSA) is 82.1 Å². The van der Waals surface area contributed by atoms with Crippen molar-refractivity contribution in [3.05, 3.63) is 53.3 Å². The maximum Gasteiger partial charge on any atom is 0.143 e. The summed E-state index contributed by atoms with van der Waals surface area (Å²) >= 11 is 0. The molecule has 0 heterocycles. The zero-order valence-electron chi connectivity index (χ0n) is 10.0. The highest BCUT2D eigenvalue weighted by Crippen LogP contribution is 2.23. The zero-order chi connectivity index (χ0) is 13.8. The van der Waals surface area contributed by atoms with Crippen molar-refractivity contribution in [1.29, 1.82) is 5.26 Å². The minimum atomic E-state index is -0.579. The molecule has 0 saturated carbocycles. The summed E-state index contributed by atoms with van der Waals surface area (Å²) in [6.07, 6.45) is 0. The first-order valence-corrected chi connectivity index (χ1v) is 5.61. The van der Waals surface area contributed by atoms with Gasteiger partial charge in [0, 0.05) is 17.8 Å². The van der Waals surface area contributed by atoms with Crippen molar-refractivity contribution in [2.45, 2.75) is 6.54 Å². The van der Waals surface area contributed by atoms with E-state index < -0.39 is 5.82 Å². The van der Waals surface area contributed by atoms with Crippen LogP contribution in [-0.4, -0.2) is 5.11 Å². The third kappa shape index (κ3) is 2.75. The van der Waals surface area contributed by atoms with Gasteiger partial charge in [0.1, 0.15) is 23.2 Å². The summed E-state index contributed by atoms with van der Waals surface area (Å²) in [7, 11) is 0. The molecule has 19 heavy (non-hydrogen) atoms. The first kappa shape index (κ1) is 12.7. The second kappa shape index (κ2) is 5.27. The number of phenolic OH excluding ortho intramolecular Hbond substituents is 1. The number of phenols is 1. The molecule has 0 fully saturated rings. The Kier molecular flexibility index (Phi) is 3.53. The Labute approximate surface area is 109 Å². The fourth-order valence-corrected chi connectivity index (χ4v) is 1.72. The minimum Gasteiger partial charge on any atom is -0.508 e. The molecule has 0 aliphatic heterocycles. The third-order valence-electron chi connectivity index (χ3n) is 2.70. The van der Waals surface area contributed by atoms with Crippen molar-refractivity contribution in [2.24, 2.45) is 0 Å². The number of benzene rings is 2. The van der Waals surface area contributed by atoms with E-state index in [1.807, 2.05) is 0 Å². The molecule has 2 aromatic carbocycles. The molecule has 0 saturated heterocycles. The van der Waals surface area contributed by atoms with Crippen LogP contribution in [0.5, 0.6) is 5.75 Å². The van der Waals surface area contributed by atoms with E-state index in [2.05, 4.69) is 5.32 Å². The molecule has 0 aromatic heterocycles. The van der Waals surface area contributed by atoms with E-state index in [1.165, 1.54) is 18.2 Å². The van der Waals surface area contributed by atoms with Gasteiger partial charge in [-0.2, -0.15) is 5.26 Å². The van der Waals surface area contributed by atoms with Crippen molar-refractivity contribution in [1.82, 2.24) is 0 Å². The molecule has 5 heteroatoms. The zero-order valence-corrected chi connectivity index (χ0v) is 10.0. The van der Waals surface area contributed by atoms with Crippen molar-refractivity contribution in [2.75, 3.05) is 11.1 Å². The number of halogens is 1.